The summed E-state index contributed by atoms with van der Waals surface area (Å²) in [5, 5.41) is 2.34. The summed E-state index contributed by atoms with van der Waals surface area (Å²) in [4.78, 5) is 20.4. The van der Waals surface area contributed by atoms with Gasteiger partial charge in [0.15, 0.2) is 5.78 Å². The first-order valence-corrected chi connectivity index (χ1v) is 13.3. The molecular formula is C28H31N3O2S. The normalized spacial score (nSPS) is 17.6. The van der Waals surface area contributed by atoms with E-state index in [1.165, 1.54) is 22.5 Å². The van der Waals surface area contributed by atoms with E-state index in [1.54, 1.807) is 7.11 Å². The third-order valence-electron chi connectivity index (χ3n) is 7.42. The molecule has 34 heavy (non-hydrogen) atoms. The number of hydrogen-bond acceptors (Lipinski definition) is 5. The van der Waals surface area contributed by atoms with E-state index >= 15 is 0 Å². The van der Waals surface area contributed by atoms with Crippen molar-refractivity contribution in [3.05, 3.63) is 59.2 Å². The zero-order valence-electron chi connectivity index (χ0n) is 19.7. The molecule has 0 spiro atoms. The lowest BCUT2D eigenvalue weighted by Gasteiger charge is -2.31. The SMILES string of the molecule is COc1cccc2c(C(=O)C3CC3)cn(CCCN3CCC(c4nc5ccccc5s4)CC3)c12. The minimum atomic E-state index is 0.224. The number of aryl methyl sites for hydroxylation is 1. The van der Waals surface area contributed by atoms with Gasteiger partial charge in [-0.25, -0.2) is 4.98 Å². The number of benzene rings is 2. The third-order valence-corrected chi connectivity index (χ3v) is 8.61. The summed E-state index contributed by atoms with van der Waals surface area (Å²) in [7, 11) is 1.71. The van der Waals surface area contributed by atoms with E-state index in [4.69, 9.17) is 9.72 Å². The lowest BCUT2D eigenvalue weighted by molar-refractivity contribution is 0.0969. The van der Waals surface area contributed by atoms with Crippen molar-refractivity contribution in [2.45, 2.75) is 44.6 Å². The van der Waals surface area contributed by atoms with Crippen molar-refractivity contribution in [2.75, 3.05) is 26.7 Å². The summed E-state index contributed by atoms with van der Waals surface area (Å²) in [6, 6.07) is 14.5. The molecule has 0 N–H and O–H groups in total. The molecule has 0 atom stereocenters. The van der Waals surface area contributed by atoms with E-state index in [1.807, 2.05) is 23.5 Å². The molecule has 176 valence electrons. The van der Waals surface area contributed by atoms with Gasteiger partial charge in [-0.1, -0.05) is 24.3 Å². The van der Waals surface area contributed by atoms with Gasteiger partial charge < -0.3 is 14.2 Å². The molecule has 1 aliphatic carbocycles. The Hall–Kier alpha value is -2.70. The number of Topliss-reactive ketones (excluding diaryl/α,β-unsaturated/α-hetero) is 1. The van der Waals surface area contributed by atoms with Gasteiger partial charge in [0, 0.05) is 35.5 Å². The van der Waals surface area contributed by atoms with Crippen LogP contribution in [0.4, 0.5) is 0 Å². The Morgan fingerprint density at radius 3 is 2.65 bits per heavy atom. The molecule has 6 heteroatoms. The van der Waals surface area contributed by atoms with Crippen LogP contribution in [0.2, 0.25) is 0 Å². The summed E-state index contributed by atoms with van der Waals surface area (Å²) in [6.07, 6.45) is 7.56. The molecule has 2 aromatic carbocycles. The number of aromatic nitrogens is 2. The van der Waals surface area contributed by atoms with Crippen LogP contribution in [0.3, 0.4) is 0 Å². The molecule has 3 heterocycles. The third kappa shape index (κ3) is 4.14. The Bertz CT molecular complexity index is 1300. The Kier molecular flexibility index (Phi) is 5.87. The van der Waals surface area contributed by atoms with Gasteiger partial charge >= 0.3 is 0 Å². The number of para-hydroxylation sites is 2. The average Bonchev–Trinajstić information content (AvgIpc) is 3.53. The van der Waals surface area contributed by atoms with E-state index in [9.17, 15) is 4.79 Å². The second-order valence-corrected chi connectivity index (χ2v) is 10.8. The molecule has 1 saturated heterocycles. The number of carbonyl (C=O) groups is 1. The van der Waals surface area contributed by atoms with E-state index in [-0.39, 0.29) is 5.92 Å². The van der Waals surface area contributed by atoms with Crippen molar-refractivity contribution in [2.24, 2.45) is 5.92 Å². The highest BCUT2D eigenvalue weighted by Gasteiger charge is 2.32. The van der Waals surface area contributed by atoms with Crippen LogP contribution in [-0.2, 0) is 6.54 Å². The van der Waals surface area contributed by atoms with Crippen molar-refractivity contribution >= 4 is 38.2 Å². The zero-order chi connectivity index (χ0) is 23.1. The lowest BCUT2D eigenvalue weighted by Crippen LogP contribution is -2.34. The highest BCUT2D eigenvalue weighted by Crippen LogP contribution is 2.38. The van der Waals surface area contributed by atoms with Gasteiger partial charge in [-0.2, -0.15) is 0 Å². The van der Waals surface area contributed by atoms with Gasteiger partial charge in [-0.05, 0) is 69.9 Å². The molecule has 1 saturated carbocycles. The zero-order valence-corrected chi connectivity index (χ0v) is 20.5. The number of carbonyl (C=O) groups excluding carboxylic acids is 1. The minimum absolute atomic E-state index is 0.224. The molecule has 1 aliphatic heterocycles. The van der Waals surface area contributed by atoms with Gasteiger partial charge in [0.05, 0.1) is 27.9 Å². The second kappa shape index (κ2) is 9.16. The molecule has 0 radical (unpaired) electrons. The smallest absolute Gasteiger partial charge is 0.168 e. The first-order chi connectivity index (χ1) is 16.7. The number of fused-ring (bicyclic) bond motifs is 2. The van der Waals surface area contributed by atoms with Crippen LogP contribution >= 0.6 is 11.3 Å². The standard InChI is InChI=1S/C28H31N3O2S/c1-33-24-8-4-6-21-22(27(32)19-10-11-19)18-31(26(21)24)15-5-14-30-16-12-20(13-17-30)28-29-23-7-2-3-9-25(23)34-28/h2-4,6-9,18-20H,5,10-17H2,1H3. The number of thiazole rings is 1. The van der Waals surface area contributed by atoms with Crippen molar-refractivity contribution in [3.63, 3.8) is 0 Å². The largest absolute Gasteiger partial charge is 0.495 e. The van der Waals surface area contributed by atoms with E-state index < -0.39 is 0 Å². The quantitative estimate of drug-likeness (QED) is 0.289. The van der Waals surface area contributed by atoms with Gasteiger partial charge in [-0.3, -0.25) is 4.79 Å². The van der Waals surface area contributed by atoms with Crippen LogP contribution in [0.1, 0.15) is 53.4 Å². The molecule has 2 aliphatic rings. The number of hydrogen-bond donors (Lipinski definition) is 0. The Balaban J connectivity index is 1.10. The fraction of sp³-hybridized carbons (Fsp3) is 0.429. The van der Waals surface area contributed by atoms with Crippen molar-refractivity contribution < 1.29 is 9.53 Å². The Morgan fingerprint density at radius 1 is 1.06 bits per heavy atom. The van der Waals surface area contributed by atoms with Gasteiger partial charge in [0.1, 0.15) is 5.75 Å². The number of piperidine rings is 1. The first-order valence-electron chi connectivity index (χ1n) is 12.5. The molecule has 0 amide bonds. The van der Waals surface area contributed by atoms with E-state index in [0.29, 0.717) is 11.7 Å². The maximum absolute atomic E-state index is 12.9. The van der Waals surface area contributed by atoms with Crippen LogP contribution in [0.5, 0.6) is 5.75 Å². The van der Waals surface area contributed by atoms with Gasteiger partial charge in [0.25, 0.3) is 0 Å². The lowest BCUT2D eigenvalue weighted by atomic mass is 9.97. The minimum Gasteiger partial charge on any atom is -0.495 e. The van der Waals surface area contributed by atoms with Crippen molar-refractivity contribution in [3.8, 4) is 5.75 Å². The maximum Gasteiger partial charge on any atom is 0.168 e. The van der Waals surface area contributed by atoms with E-state index in [2.05, 4.69) is 46.0 Å². The molecule has 6 rings (SSSR count). The summed E-state index contributed by atoms with van der Waals surface area (Å²) in [5.74, 6) is 1.96. The molecule has 0 unspecified atom stereocenters. The van der Waals surface area contributed by atoms with Crippen LogP contribution in [0.25, 0.3) is 21.1 Å². The molecule has 2 fully saturated rings. The fourth-order valence-corrected chi connectivity index (χ4v) is 6.50. The first kappa shape index (κ1) is 21.8. The number of ketones is 1. The molecule has 4 aromatic rings. The average molecular weight is 474 g/mol. The predicted molar refractivity (Wildman–Crippen MR) is 138 cm³/mol. The van der Waals surface area contributed by atoms with Gasteiger partial charge in [0.2, 0.25) is 0 Å². The summed E-state index contributed by atoms with van der Waals surface area (Å²) in [5.41, 5.74) is 3.07. The number of likely N-dealkylation sites (tertiary alicyclic amines) is 1. The van der Waals surface area contributed by atoms with Gasteiger partial charge in [-0.15, -0.1) is 11.3 Å². The number of rotatable bonds is 8. The summed E-state index contributed by atoms with van der Waals surface area (Å²) >= 11 is 1.86. The number of ether oxygens (including phenoxy) is 1. The van der Waals surface area contributed by atoms with Crippen LogP contribution < -0.4 is 4.74 Å². The molecular weight excluding hydrogens is 442 g/mol. The number of nitrogens with zero attached hydrogens (tertiary/aromatic N) is 3. The topological polar surface area (TPSA) is 47.4 Å². The molecule has 2 aromatic heterocycles. The monoisotopic (exact) mass is 473 g/mol. The molecule has 0 bridgehead atoms. The van der Waals surface area contributed by atoms with Crippen LogP contribution in [0, 0.1) is 5.92 Å². The summed E-state index contributed by atoms with van der Waals surface area (Å²) < 4.78 is 9.21. The highest BCUT2D eigenvalue weighted by molar-refractivity contribution is 7.18. The van der Waals surface area contributed by atoms with Crippen molar-refractivity contribution in [1.82, 2.24) is 14.5 Å². The number of methoxy groups -OCH3 is 1. The second-order valence-electron chi connectivity index (χ2n) is 9.72. The van der Waals surface area contributed by atoms with Crippen LogP contribution in [-0.4, -0.2) is 47.0 Å². The van der Waals surface area contributed by atoms with E-state index in [0.717, 1.165) is 73.2 Å². The van der Waals surface area contributed by atoms with Crippen LogP contribution in [0.15, 0.2) is 48.7 Å². The Morgan fingerprint density at radius 2 is 1.88 bits per heavy atom. The highest BCUT2D eigenvalue weighted by atomic mass is 32.1. The van der Waals surface area contributed by atoms with Crippen molar-refractivity contribution in [1.29, 1.82) is 0 Å². The fourth-order valence-electron chi connectivity index (χ4n) is 5.36. The molecule has 5 nitrogen and oxygen atoms in total. The maximum atomic E-state index is 12.9. The summed E-state index contributed by atoms with van der Waals surface area (Å²) in [6.45, 7) is 4.23. The Labute approximate surface area is 204 Å². The predicted octanol–water partition coefficient (Wildman–Crippen LogP) is 6.12.